The van der Waals surface area contributed by atoms with Crippen LogP contribution < -0.4 is 10.9 Å². The monoisotopic (exact) mass is 420 g/mol. The lowest BCUT2D eigenvalue weighted by Crippen LogP contribution is -2.21. The lowest BCUT2D eigenvalue weighted by molar-refractivity contribution is -0.117. The van der Waals surface area contributed by atoms with Crippen molar-refractivity contribution in [3.05, 3.63) is 68.1 Å². The van der Waals surface area contributed by atoms with Gasteiger partial charge in [-0.1, -0.05) is 30.3 Å². The van der Waals surface area contributed by atoms with Gasteiger partial charge in [0.1, 0.15) is 0 Å². The highest BCUT2D eigenvalue weighted by atomic mass is 127. The lowest BCUT2D eigenvalue weighted by atomic mass is 10.0. The highest BCUT2D eigenvalue weighted by Gasteiger charge is 2.19. The van der Waals surface area contributed by atoms with E-state index in [1.54, 1.807) is 31.2 Å². The van der Waals surface area contributed by atoms with Gasteiger partial charge in [0.25, 0.3) is 0 Å². The van der Waals surface area contributed by atoms with E-state index in [9.17, 15) is 9.59 Å². The number of nitrogens with one attached hydrogen (secondary N) is 1. The number of rotatable bonds is 3. The van der Waals surface area contributed by atoms with Gasteiger partial charge < -0.3 is 4.42 Å². The zero-order chi connectivity index (χ0) is 16.4. The molecule has 1 aromatic heterocycles. The minimum atomic E-state index is -0.521. The molecule has 1 unspecified atom stereocenters. The van der Waals surface area contributed by atoms with E-state index in [0.717, 1.165) is 9.13 Å². The summed E-state index contributed by atoms with van der Waals surface area (Å²) in [5.74, 6) is -0.665. The molecule has 1 N–H and O–H groups in total. The molecule has 0 fully saturated rings. The largest absolute Gasteiger partial charge is 0.388 e. The molecule has 1 heterocycles. The predicted molar refractivity (Wildman–Crippen MR) is 96.5 cm³/mol. The second-order valence-corrected chi connectivity index (χ2v) is 6.22. The molecule has 2 aromatic carbocycles. The van der Waals surface area contributed by atoms with E-state index in [1.807, 2.05) is 24.3 Å². The molecule has 1 atom stereocenters. The molecule has 0 spiro atoms. The van der Waals surface area contributed by atoms with Crippen LogP contribution in [0.2, 0.25) is 0 Å². The second kappa shape index (κ2) is 6.49. The molecule has 0 bridgehead atoms. The Balaban J connectivity index is 1.88. The molecular formula is C17H13IN2O3. The van der Waals surface area contributed by atoms with Gasteiger partial charge in [-0.25, -0.2) is 4.79 Å². The van der Waals surface area contributed by atoms with Crippen LogP contribution in [0.3, 0.4) is 0 Å². The van der Waals surface area contributed by atoms with Crippen molar-refractivity contribution in [2.24, 2.45) is 0 Å². The molecule has 0 radical (unpaired) electrons. The minimum Gasteiger partial charge on any atom is -0.388 e. The summed E-state index contributed by atoms with van der Waals surface area (Å²) in [7, 11) is 0. The summed E-state index contributed by atoms with van der Waals surface area (Å²) in [5, 5.41) is 2.97. The van der Waals surface area contributed by atoms with Gasteiger partial charge in [0.2, 0.25) is 5.91 Å². The Hall–Kier alpha value is -2.22. The van der Waals surface area contributed by atoms with Crippen molar-refractivity contribution in [2.75, 3.05) is 5.32 Å². The van der Waals surface area contributed by atoms with E-state index < -0.39 is 5.63 Å². The fourth-order valence-electron chi connectivity index (χ4n) is 2.25. The van der Waals surface area contributed by atoms with E-state index in [4.69, 9.17) is 4.42 Å². The summed E-state index contributed by atoms with van der Waals surface area (Å²) in [5.41, 5.74) is 0.877. The number of aromatic nitrogens is 1. The highest BCUT2D eigenvalue weighted by molar-refractivity contribution is 14.1. The Morgan fingerprint density at radius 2 is 1.87 bits per heavy atom. The number of nitrogens with zero attached hydrogens (tertiary/aromatic N) is 1. The summed E-state index contributed by atoms with van der Waals surface area (Å²) in [6.45, 7) is 1.80. The average Bonchev–Trinajstić information content (AvgIpc) is 2.54. The van der Waals surface area contributed by atoms with Crippen molar-refractivity contribution < 1.29 is 9.21 Å². The Morgan fingerprint density at radius 3 is 2.65 bits per heavy atom. The molecule has 0 aliphatic carbocycles. The molecule has 23 heavy (non-hydrogen) atoms. The van der Waals surface area contributed by atoms with Crippen molar-refractivity contribution >= 4 is 45.4 Å². The van der Waals surface area contributed by atoms with Gasteiger partial charge in [0.15, 0.2) is 0 Å². The first-order valence-electron chi connectivity index (χ1n) is 7.01. The number of halogens is 1. The smallest absolute Gasteiger partial charge is 0.348 e. The van der Waals surface area contributed by atoms with Crippen LogP contribution in [0.25, 0.3) is 10.9 Å². The molecule has 3 aromatic rings. The number of carbonyl (C=O) groups is 1. The number of hydrogen-bond donors (Lipinski definition) is 1. The van der Waals surface area contributed by atoms with Crippen LogP contribution >= 0.6 is 22.6 Å². The van der Waals surface area contributed by atoms with E-state index in [0.29, 0.717) is 10.9 Å². The molecule has 1 amide bonds. The van der Waals surface area contributed by atoms with E-state index in [-0.39, 0.29) is 17.8 Å². The Kier molecular flexibility index (Phi) is 4.42. The van der Waals surface area contributed by atoms with Gasteiger partial charge in [0.05, 0.1) is 16.8 Å². The maximum absolute atomic E-state index is 12.4. The average molecular weight is 420 g/mol. The lowest BCUT2D eigenvalue weighted by Gasteiger charge is -2.13. The van der Waals surface area contributed by atoms with Gasteiger partial charge in [-0.2, -0.15) is 4.98 Å². The zero-order valence-corrected chi connectivity index (χ0v) is 14.4. The van der Waals surface area contributed by atoms with E-state index in [1.165, 1.54) is 0 Å². The van der Waals surface area contributed by atoms with Crippen molar-refractivity contribution in [1.29, 1.82) is 0 Å². The predicted octanol–water partition coefficient (Wildman–Crippen LogP) is 3.53. The van der Waals surface area contributed by atoms with Gasteiger partial charge >= 0.3 is 11.6 Å². The minimum absolute atomic E-state index is 0.0866. The Morgan fingerprint density at radius 1 is 1.17 bits per heavy atom. The number of benzene rings is 2. The first-order valence-corrected chi connectivity index (χ1v) is 8.09. The van der Waals surface area contributed by atoms with Crippen LogP contribution in [-0.4, -0.2) is 10.9 Å². The zero-order valence-electron chi connectivity index (χ0n) is 12.2. The van der Waals surface area contributed by atoms with Gasteiger partial charge in [0, 0.05) is 3.57 Å². The molecule has 5 nitrogen and oxygen atoms in total. The van der Waals surface area contributed by atoms with E-state index in [2.05, 4.69) is 32.9 Å². The second-order valence-electron chi connectivity index (χ2n) is 5.06. The molecular weight excluding hydrogens is 407 g/mol. The SMILES string of the molecule is CC(C(=O)Nc1nc2ccccc2c(=O)o1)c1ccccc1I. The highest BCUT2D eigenvalue weighted by Crippen LogP contribution is 2.22. The van der Waals surface area contributed by atoms with Crippen molar-refractivity contribution in [3.63, 3.8) is 0 Å². The van der Waals surface area contributed by atoms with Crippen LogP contribution in [0.1, 0.15) is 18.4 Å². The standard InChI is InChI=1S/C17H13IN2O3/c1-10(11-6-2-4-8-13(11)18)15(21)20-17-19-14-9-5-3-7-12(14)16(22)23-17/h2-10H,1H3,(H,19,20,21). The van der Waals surface area contributed by atoms with Crippen molar-refractivity contribution in [3.8, 4) is 0 Å². The normalized spacial score (nSPS) is 12.1. The summed E-state index contributed by atoms with van der Waals surface area (Å²) >= 11 is 2.19. The van der Waals surface area contributed by atoms with Crippen LogP contribution in [0, 0.1) is 3.57 Å². The summed E-state index contributed by atoms with van der Waals surface area (Å²) in [6, 6.07) is 14.4. The van der Waals surface area contributed by atoms with Crippen LogP contribution in [0.4, 0.5) is 6.01 Å². The Bertz CT molecular complexity index is 936. The van der Waals surface area contributed by atoms with Gasteiger partial charge in [-0.3, -0.25) is 10.1 Å². The molecule has 0 saturated carbocycles. The van der Waals surface area contributed by atoms with Crippen LogP contribution in [0.15, 0.2) is 57.7 Å². The maximum atomic E-state index is 12.4. The topological polar surface area (TPSA) is 72.2 Å². The van der Waals surface area contributed by atoms with Gasteiger partial charge in [-0.15, -0.1) is 0 Å². The fourth-order valence-corrected chi connectivity index (χ4v) is 3.11. The van der Waals surface area contributed by atoms with Crippen molar-refractivity contribution in [2.45, 2.75) is 12.8 Å². The molecule has 6 heteroatoms. The first-order chi connectivity index (χ1) is 11.1. The number of carbonyl (C=O) groups excluding carboxylic acids is 1. The van der Waals surface area contributed by atoms with Gasteiger partial charge in [-0.05, 0) is 53.3 Å². The van der Waals surface area contributed by atoms with Crippen molar-refractivity contribution in [1.82, 2.24) is 4.98 Å². The molecule has 116 valence electrons. The third-order valence-corrected chi connectivity index (χ3v) is 4.51. The van der Waals surface area contributed by atoms with Crippen LogP contribution in [-0.2, 0) is 4.79 Å². The number of amides is 1. The summed E-state index contributed by atoms with van der Waals surface area (Å²) in [6.07, 6.45) is 0. The fraction of sp³-hybridized carbons (Fsp3) is 0.118. The summed E-state index contributed by atoms with van der Waals surface area (Å²) < 4.78 is 6.08. The summed E-state index contributed by atoms with van der Waals surface area (Å²) in [4.78, 5) is 28.5. The molecule has 3 rings (SSSR count). The molecule has 0 saturated heterocycles. The quantitative estimate of drug-likeness (QED) is 0.659. The molecule has 0 aliphatic heterocycles. The third-order valence-electron chi connectivity index (χ3n) is 3.53. The number of anilines is 1. The molecule has 0 aliphatic rings. The number of fused-ring (bicyclic) bond motifs is 1. The maximum Gasteiger partial charge on any atom is 0.348 e. The van der Waals surface area contributed by atoms with Crippen LogP contribution in [0.5, 0.6) is 0 Å². The first kappa shape index (κ1) is 15.7. The number of hydrogen-bond acceptors (Lipinski definition) is 4. The third kappa shape index (κ3) is 3.26. The van der Waals surface area contributed by atoms with E-state index >= 15 is 0 Å². The number of para-hydroxylation sites is 1. The Labute approximate surface area is 145 Å².